The van der Waals surface area contributed by atoms with E-state index in [9.17, 15) is 0 Å². The quantitative estimate of drug-likeness (QED) is 0.734. The molecule has 1 heterocycles. The summed E-state index contributed by atoms with van der Waals surface area (Å²) >= 11 is 5.94. The highest BCUT2D eigenvalue weighted by Gasteiger charge is 2.08. The lowest BCUT2D eigenvalue weighted by Gasteiger charge is -2.07. The van der Waals surface area contributed by atoms with Gasteiger partial charge in [-0.25, -0.2) is 4.98 Å². The topological polar surface area (TPSA) is 31.4 Å². The van der Waals surface area contributed by atoms with E-state index in [1.54, 1.807) is 14.2 Å². The van der Waals surface area contributed by atoms with Crippen molar-refractivity contribution < 1.29 is 9.47 Å². The van der Waals surface area contributed by atoms with Crippen molar-refractivity contribution >= 4 is 22.5 Å². The molecule has 78 valence electrons. The molecule has 0 aliphatic carbocycles. The van der Waals surface area contributed by atoms with E-state index in [-0.39, 0.29) is 0 Å². The molecule has 0 saturated carbocycles. The zero-order valence-corrected chi connectivity index (χ0v) is 9.21. The Morgan fingerprint density at radius 2 is 1.87 bits per heavy atom. The number of halogens is 1. The first-order valence-electron chi connectivity index (χ1n) is 4.43. The molecule has 0 fully saturated rings. The van der Waals surface area contributed by atoms with E-state index in [4.69, 9.17) is 21.1 Å². The van der Waals surface area contributed by atoms with E-state index in [0.29, 0.717) is 16.7 Å². The number of fused-ring (bicyclic) bond motifs is 1. The minimum atomic E-state index is 0.342. The molecule has 0 unspecified atom stereocenters. The number of ether oxygens (including phenoxy) is 2. The minimum Gasteiger partial charge on any atom is -0.494 e. The molecule has 15 heavy (non-hydrogen) atoms. The van der Waals surface area contributed by atoms with Crippen LogP contribution in [-0.2, 0) is 0 Å². The molecule has 1 aromatic carbocycles. The van der Waals surface area contributed by atoms with E-state index >= 15 is 0 Å². The summed E-state index contributed by atoms with van der Waals surface area (Å²) in [4.78, 5) is 4.23. The van der Waals surface area contributed by atoms with Crippen LogP contribution >= 0.6 is 11.6 Å². The average molecular weight is 224 g/mol. The molecule has 0 aliphatic heterocycles. The number of benzene rings is 1. The van der Waals surface area contributed by atoms with E-state index in [1.165, 1.54) is 0 Å². The standard InChI is InChI=1S/C11H10ClNO2/c1-14-8-5-3-4-7-6-9(15-2)11(12)13-10(7)8/h3-6H,1-2H3. The van der Waals surface area contributed by atoms with E-state index in [2.05, 4.69) is 4.98 Å². The Morgan fingerprint density at radius 3 is 2.53 bits per heavy atom. The lowest BCUT2D eigenvalue weighted by Crippen LogP contribution is -1.91. The Bertz CT molecular complexity index is 499. The molecule has 0 saturated heterocycles. The van der Waals surface area contributed by atoms with Crippen molar-refractivity contribution in [1.82, 2.24) is 4.98 Å². The van der Waals surface area contributed by atoms with Crippen LogP contribution in [0.2, 0.25) is 5.15 Å². The summed E-state index contributed by atoms with van der Waals surface area (Å²) in [5.74, 6) is 1.27. The van der Waals surface area contributed by atoms with Crippen LogP contribution in [0.15, 0.2) is 24.3 Å². The maximum absolute atomic E-state index is 5.94. The molecule has 0 atom stereocenters. The molecule has 0 N–H and O–H groups in total. The second kappa shape index (κ2) is 3.95. The number of nitrogens with zero attached hydrogens (tertiary/aromatic N) is 1. The van der Waals surface area contributed by atoms with Crippen molar-refractivity contribution in [2.75, 3.05) is 14.2 Å². The van der Waals surface area contributed by atoms with Gasteiger partial charge < -0.3 is 9.47 Å². The summed E-state index contributed by atoms with van der Waals surface area (Å²) in [7, 11) is 3.17. The van der Waals surface area contributed by atoms with Crippen molar-refractivity contribution in [2.24, 2.45) is 0 Å². The number of hydrogen-bond acceptors (Lipinski definition) is 3. The monoisotopic (exact) mass is 223 g/mol. The zero-order chi connectivity index (χ0) is 10.8. The lowest BCUT2D eigenvalue weighted by atomic mass is 10.2. The second-order valence-electron chi connectivity index (χ2n) is 3.01. The summed E-state index contributed by atoms with van der Waals surface area (Å²) < 4.78 is 10.3. The molecule has 4 heteroatoms. The Kier molecular flexibility index (Phi) is 2.64. The summed E-state index contributed by atoms with van der Waals surface area (Å²) in [6.45, 7) is 0. The number of aromatic nitrogens is 1. The van der Waals surface area contributed by atoms with Gasteiger partial charge in [-0.2, -0.15) is 0 Å². The van der Waals surface area contributed by atoms with Crippen molar-refractivity contribution in [1.29, 1.82) is 0 Å². The van der Waals surface area contributed by atoms with Crippen molar-refractivity contribution in [2.45, 2.75) is 0 Å². The molecule has 0 aliphatic rings. The number of pyridine rings is 1. The van der Waals surface area contributed by atoms with Crippen LogP contribution in [0.5, 0.6) is 11.5 Å². The fourth-order valence-electron chi connectivity index (χ4n) is 1.44. The average Bonchev–Trinajstić information content (AvgIpc) is 2.27. The van der Waals surface area contributed by atoms with Crippen LogP contribution in [0.4, 0.5) is 0 Å². The fourth-order valence-corrected chi connectivity index (χ4v) is 1.65. The van der Waals surface area contributed by atoms with Gasteiger partial charge in [-0.05, 0) is 12.1 Å². The van der Waals surface area contributed by atoms with Crippen molar-refractivity contribution in [3.63, 3.8) is 0 Å². The van der Waals surface area contributed by atoms with Crippen LogP contribution in [0.25, 0.3) is 10.9 Å². The van der Waals surface area contributed by atoms with Gasteiger partial charge in [0.15, 0.2) is 10.9 Å². The maximum Gasteiger partial charge on any atom is 0.171 e. The zero-order valence-electron chi connectivity index (χ0n) is 8.45. The first-order chi connectivity index (χ1) is 7.26. The third-order valence-corrected chi connectivity index (χ3v) is 2.44. The largest absolute Gasteiger partial charge is 0.494 e. The van der Waals surface area contributed by atoms with Gasteiger partial charge in [0.1, 0.15) is 11.3 Å². The van der Waals surface area contributed by atoms with Crippen LogP contribution < -0.4 is 9.47 Å². The maximum atomic E-state index is 5.94. The van der Waals surface area contributed by atoms with E-state index < -0.39 is 0 Å². The van der Waals surface area contributed by atoms with Crippen LogP contribution in [0.1, 0.15) is 0 Å². The summed E-state index contributed by atoms with van der Waals surface area (Å²) in [6, 6.07) is 7.52. The van der Waals surface area contributed by atoms with Gasteiger partial charge in [-0.15, -0.1) is 0 Å². The first kappa shape index (κ1) is 10.1. The van der Waals surface area contributed by atoms with Crippen molar-refractivity contribution in [3.05, 3.63) is 29.4 Å². The summed E-state index contributed by atoms with van der Waals surface area (Å²) in [5.41, 5.74) is 0.741. The molecule has 2 rings (SSSR count). The highest BCUT2D eigenvalue weighted by Crippen LogP contribution is 2.31. The van der Waals surface area contributed by atoms with Gasteiger partial charge in [-0.3, -0.25) is 0 Å². The Labute approximate surface area is 92.6 Å². The van der Waals surface area contributed by atoms with E-state index in [0.717, 1.165) is 10.9 Å². The van der Waals surface area contributed by atoms with Crippen LogP contribution in [0.3, 0.4) is 0 Å². The van der Waals surface area contributed by atoms with Gasteiger partial charge in [0.2, 0.25) is 0 Å². The lowest BCUT2D eigenvalue weighted by molar-refractivity contribution is 0.412. The Hall–Kier alpha value is -1.48. The van der Waals surface area contributed by atoms with Gasteiger partial charge in [-0.1, -0.05) is 23.7 Å². The molecule has 3 nitrogen and oxygen atoms in total. The van der Waals surface area contributed by atoms with Crippen molar-refractivity contribution in [3.8, 4) is 11.5 Å². The highest BCUT2D eigenvalue weighted by atomic mass is 35.5. The minimum absolute atomic E-state index is 0.342. The predicted molar refractivity (Wildman–Crippen MR) is 59.9 cm³/mol. The van der Waals surface area contributed by atoms with Gasteiger partial charge in [0, 0.05) is 5.39 Å². The number of rotatable bonds is 2. The number of methoxy groups -OCH3 is 2. The summed E-state index contributed by atoms with van der Waals surface area (Å²) in [6.07, 6.45) is 0. The molecule has 0 spiro atoms. The van der Waals surface area contributed by atoms with Gasteiger partial charge in [0.05, 0.1) is 14.2 Å². The molecule has 0 bridgehead atoms. The molecule has 0 amide bonds. The van der Waals surface area contributed by atoms with Crippen LogP contribution in [0, 0.1) is 0 Å². The molecule has 0 radical (unpaired) electrons. The number of para-hydroxylation sites is 1. The fraction of sp³-hybridized carbons (Fsp3) is 0.182. The second-order valence-corrected chi connectivity index (χ2v) is 3.37. The van der Waals surface area contributed by atoms with Crippen LogP contribution in [-0.4, -0.2) is 19.2 Å². The molecular weight excluding hydrogens is 214 g/mol. The molecule has 1 aromatic heterocycles. The normalized spacial score (nSPS) is 10.3. The predicted octanol–water partition coefficient (Wildman–Crippen LogP) is 2.91. The SMILES string of the molecule is COc1cc2cccc(OC)c2nc1Cl. The third-order valence-electron chi connectivity index (χ3n) is 2.17. The molecular formula is C11H10ClNO2. The first-order valence-corrected chi connectivity index (χ1v) is 4.81. The smallest absolute Gasteiger partial charge is 0.171 e. The molecule has 2 aromatic rings. The third kappa shape index (κ3) is 1.70. The Morgan fingerprint density at radius 1 is 1.13 bits per heavy atom. The van der Waals surface area contributed by atoms with Gasteiger partial charge >= 0.3 is 0 Å². The van der Waals surface area contributed by atoms with Gasteiger partial charge in [0.25, 0.3) is 0 Å². The number of hydrogen-bond donors (Lipinski definition) is 0. The van der Waals surface area contributed by atoms with E-state index in [1.807, 2.05) is 24.3 Å². The Balaban J connectivity index is 2.74. The summed E-state index contributed by atoms with van der Waals surface area (Å²) in [5, 5.41) is 1.28. The highest BCUT2D eigenvalue weighted by molar-refractivity contribution is 6.31.